The summed E-state index contributed by atoms with van der Waals surface area (Å²) in [5.41, 5.74) is 0.346. The van der Waals surface area contributed by atoms with E-state index in [9.17, 15) is 20.1 Å². The number of aliphatic hydroxyl groups excluding tert-OH is 3. The minimum Gasteiger partial charge on any atom is -0.467 e. The van der Waals surface area contributed by atoms with E-state index in [1.165, 1.54) is 6.08 Å². The molecule has 1 aliphatic carbocycles. The van der Waals surface area contributed by atoms with Gasteiger partial charge in [-0.15, -0.1) is 0 Å². The Balaban J connectivity index is 1.80. The molecule has 1 aromatic rings. The molecule has 114 valence electrons. The molecule has 6 nitrogen and oxygen atoms in total. The fourth-order valence-electron chi connectivity index (χ4n) is 3.08. The maximum atomic E-state index is 12.6. The van der Waals surface area contributed by atoms with Gasteiger partial charge in [-0.1, -0.05) is 0 Å². The molecule has 1 amide bonds. The van der Waals surface area contributed by atoms with Crippen LogP contribution in [0.3, 0.4) is 0 Å². The molecule has 1 aliphatic heterocycles. The van der Waals surface area contributed by atoms with Crippen molar-refractivity contribution in [1.29, 1.82) is 0 Å². The molecule has 1 aromatic heterocycles. The van der Waals surface area contributed by atoms with Crippen LogP contribution >= 0.6 is 0 Å². The molecule has 3 N–H and O–H groups in total. The standard InChI is InChI=1S/C15H19NO5/c17-11-7-9(8-12(18)14(11)19)15(20)16-5-1-3-10(16)13-4-2-6-21-13/h2,4,6-7,10-12,14,17-19H,1,3,5,8H2/t10?,11-,12-,14-/m1/s1. The SMILES string of the molecule is O=C(C1=C[C@@H](O)[C@@H](O)[C@H](O)C1)N1CCCC1c1ccco1. The minimum atomic E-state index is -1.24. The molecule has 2 aliphatic rings. The first kappa shape index (κ1) is 14.3. The van der Waals surface area contributed by atoms with Crippen molar-refractivity contribution in [2.45, 2.75) is 43.6 Å². The van der Waals surface area contributed by atoms with E-state index in [2.05, 4.69) is 0 Å². The molecule has 1 fully saturated rings. The van der Waals surface area contributed by atoms with E-state index in [0.717, 1.165) is 18.6 Å². The second-order valence-corrected chi connectivity index (χ2v) is 5.62. The highest BCUT2D eigenvalue weighted by Crippen LogP contribution is 2.34. The zero-order chi connectivity index (χ0) is 15.0. The number of rotatable bonds is 2. The average molecular weight is 293 g/mol. The molecule has 0 saturated carbocycles. The highest BCUT2D eigenvalue weighted by atomic mass is 16.4. The van der Waals surface area contributed by atoms with Crippen LogP contribution in [-0.4, -0.2) is 51.0 Å². The van der Waals surface area contributed by atoms with E-state index in [4.69, 9.17) is 4.42 Å². The third-order valence-corrected chi connectivity index (χ3v) is 4.21. The van der Waals surface area contributed by atoms with Crippen LogP contribution in [0.25, 0.3) is 0 Å². The molecule has 0 bridgehead atoms. The highest BCUT2D eigenvalue weighted by molar-refractivity contribution is 5.94. The molecule has 1 unspecified atom stereocenters. The third-order valence-electron chi connectivity index (χ3n) is 4.21. The number of aliphatic hydroxyl groups is 3. The van der Waals surface area contributed by atoms with Gasteiger partial charge in [0, 0.05) is 18.5 Å². The van der Waals surface area contributed by atoms with Crippen molar-refractivity contribution in [3.05, 3.63) is 35.8 Å². The molecule has 4 atom stereocenters. The molecule has 0 spiro atoms. The fraction of sp³-hybridized carbons (Fsp3) is 0.533. The summed E-state index contributed by atoms with van der Waals surface area (Å²) >= 11 is 0. The van der Waals surface area contributed by atoms with E-state index in [-0.39, 0.29) is 18.4 Å². The van der Waals surface area contributed by atoms with Gasteiger partial charge in [0.1, 0.15) is 18.0 Å². The van der Waals surface area contributed by atoms with Crippen LogP contribution < -0.4 is 0 Å². The van der Waals surface area contributed by atoms with Crippen molar-refractivity contribution in [3.8, 4) is 0 Å². The van der Waals surface area contributed by atoms with E-state index >= 15 is 0 Å². The van der Waals surface area contributed by atoms with Crippen LogP contribution in [0, 0.1) is 0 Å². The normalized spacial score (nSPS) is 33.1. The number of amides is 1. The second-order valence-electron chi connectivity index (χ2n) is 5.62. The van der Waals surface area contributed by atoms with Gasteiger partial charge >= 0.3 is 0 Å². The van der Waals surface area contributed by atoms with Gasteiger partial charge in [-0.25, -0.2) is 0 Å². The molecule has 2 heterocycles. The largest absolute Gasteiger partial charge is 0.467 e. The smallest absolute Gasteiger partial charge is 0.250 e. The zero-order valence-corrected chi connectivity index (χ0v) is 11.6. The lowest BCUT2D eigenvalue weighted by molar-refractivity contribution is -0.130. The van der Waals surface area contributed by atoms with Gasteiger partial charge < -0.3 is 24.6 Å². The summed E-state index contributed by atoms with van der Waals surface area (Å²) in [6.07, 6.45) is 1.14. The summed E-state index contributed by atoms with van der Waals surface area (Å²) in [6.45, 7) is 0.621. The summed E-state index contributed by atoms with van der Waals surface area (Å²) in [4.78, 5) is 14.3. The van der Waals surface area contributed by atoms with E-state index in [1.54, 1.807) is 17.2 Å². The topological polar surface area (TPSA) is 94.1 Å². The summed E-state index contributed by atoms with van der Waals surface area (Å²) in [7, 11) is 0. The molecular formula is C15H19NO5. The molecule has 3 rings (SSSR count). The summed E-state index contributed by atoms with van der Waals surface area (Å²) in [6, 6.07) is 3.54. The number of carbonyl (C=O) groups excluding carboxylic acids is 1. The Morgan fingerprint density at radius 1 is 1.33 bits per heavy atom. The maximum absolute atomic E-state index is 12.6. The van der Waals surface area contributed by atoms with Gasteiger partial charge in [0.25, 0.3) is 0 Å². The van der Waals surface area contributed by atoms with Crippen molar-refractivity contribution in [2.24, 2.45) is 0 Å². The monoisotopic (exact) mass is 293 g/mol. The van der Waals surface area contributed by atoms with Gasteiger partial charge in [-0.05, 0) is 31.1 Å². The van der Waals surface area contributed by atoms with Crippen LogP contribution in [0.1, 0.15) is 31.1 Å². The van der Waals surface area contributed by atoms with Crippen LogP contribution in [0.15, 0.2) is 34.5 Å². The Labute approximate surface area is 122 Å². The van der Waals surface area contributed by atoms with Crippen LogP contribution in [0.2, 0.25) is 0 Å². The number of carbonyl (C=O) groups is 1. The first-order chi connectivity index (χ1) is 10.1. The zero-order valence-electron chi connectivity index (χ0n) is 11.6. The minimum absolute atomic E-state index is 0.0540. The Kier molecular flexibility index (Phi) is 3.84. The first-order valence-electron chi connectivity index (χ1n) is 7.17. The van der Waals surface area contributed by atoms with Gasteiger partial charge in [0.15, 0.2) is 0 Å². The Morgan fingerprint density at radius 2 is 2.14 bits per heavy atom. The van der Waals surface area contributed by atoms with Gasteiger partial charge in [-0.3, -0.25) is 4.79 Å². The van der Waals surface area contributed by atoms with Gasteiger partial charge in [-0.2, -0.15) is 0 Å². The van der Waals surface area contributed by atoms with Crippen molar-refractivity contribution in [3.63, 3.8) is 0 Å². The Morgan fingerprint density at radius 3 is 2.81 bits per heavy atom. The molecule has 21 heavy (non-hydrogen) atoms. The predicted octanol–water partition coefficient (Wildman–Crippen LogP) is 0.356. The average Bonchev–Trinajstić information content (AvgIpc) is 3.13. The third kappa shape index (κ3) is 2.62. The molecular weight excluding hydrogens is 274 g/mol. The number of furan rings is 1. The summed E-state index contributed by atoms with van der Waals surface area (Å²) in [5, 5.41) is 28.9. The van der Waals surface area contributed by atoms with Crippen molar-refractivity contribution < 1.29 is 24.5 Å². The maximum Gasteiger partial charge on any atom is 0.250 e. The highest BCUT2D eigenvalue weighted by Gasteiger charge is 2.37. The van der Waals surface area contributed by atoms with Crippen molar-refractivity contribution in [2.75, 3.05) is 6.54 Å². The number of hydrogen-bond acceptors (Lipinski definition) is 5. The lowest BCUT2D eigenvalue weighted by atomic mass is 9.91. The van der Waals surface area contributed by atoms with Crippen molar-refractivity contribution >= 4 is 5.91 Å². The van der Waals surface area contributed by atoms with Crippen LogP contribution in [-0.2, 0) is 4.79 Å². The lowest BCUT2D eigenvalue weighted by Crippen LogP contribution is -2.43. The first-order valence-corrected chi connectivity index (χ1v) is 7.17. The number of likely N-dealkylation sites (tertiary alicyclic amines) is 1. The van der Waals surface area contributed by atoms with E-state index in [1.807, 2.05) is 6.07 Å². The fourth-order valence-corrected chi connectivity index (χ4v) is 3.08. The van der Waals surface area contributed by atoms with E-state index < -0.39 is 18.3 Å². The van der Waals surface area contributed by atoms with E-state index in [0.29, 0.717) is 12.1 Å². The van der Waals surface area contributed by atoms with Crippen LogP contribution in [0.5, 0.6) is 0 Å². The van der Waals surface area contributed by atoms with Gasteiger partial charge in [0.05, 0.1) is 18.4 Å². The van der Waals surface area contributed by atoms with Crippen molar-refractivity contribution in [1.82, 2.24) is 4.90 Å². The predicted molar refractivity (Wildman–Crippen MR) is 73.1 cm³/mol. The molecule has 6 heteroatoms. The molecule has 1 saturated heterocycles. The number of nitrogens with zero attached hydrogens (tertiary/aromatic N) is 1. The quantitative estimate of drug-likeness (QED) is 0.732. The summed E-state index contributed by atoms with van der Waals surface area (Å²) < 4.78 is 5.39. The number of hydrogen-bond donors (Lipinski definition) is 3. The Hall–Kier alpha value is -1.63. The second kappa shape index (κ2) is 5.63. The Bertz CT molecular complexity index is 538. The molecule has 0 aromatic carbocycles. The van der Waals surface area contributed by atoms with Crippen LogP contribution in [0.4, 0.5) is 0 Å². The van der Waals surface area contributed by atoms with Gasteiger partial charge in [0.2, 0.25) is 5.91 Å². The molecule has 0 radical (unpaired) electrons. The summed E-state index contributed by atoms with van der Waals surface area (Å²) in [5.74, 6) is 0.539. The lowest BCUT2D eigenvalue weighted by Gasteiger charge is -2.30.